The number of hydrogen-bond donors (Lipinski definition) is 1. The molecule has 0 aliphatic rings. The van der Waals surface area contributed by atoms with Gasteiger partial charge in [0, 0.05) is 23.1 Å². The smallest absolute Gasteiger partial charge is 0.130 e. The van der Waals surface area contributed by atoms with Crippen molar-refractivity contribution in [1.82, 2.24) is 0 Å². The molecule has 0 saturated heterocycles. The highest BCUT2D eigenvalue weighted by Gasteiger charge is 2.28. The highest BCUT2D eigenvalue weighted by Crippen LogP contribution is 2.42. The van der Waals surface area contributed by atoms with Gasteiger partial charge >= 0.3 is 0 Å². The Labute approximate surface area is 108 Å². The van der Waals surface area contributed by atoms with Gasteiger partial charge in [0.25, 0.3) is 0 Å². The molecule has 0 unspecified atom stereocenters. The molecule has 0 aliphatic carbocycles. The van der Waals surface area contributed by atoms with E-state index >= 15 is 0 Å². The van der Waals surface area contributed by atoms with E-state index < -0.39 is 0 Å². The fraction of sp³-hybridized carbons (Fsp3) is 0.538. The summed E-state index contributed by atoms with van der Waals surface area (Å²) in [6.45, 7) is 4.21. The molecule has 1 aromatic rings. The normalized spacial score (nSPS) is 11.2. The molecule has 4 heteroatoms. The summed E-state index contributed by atoms with van der Waals surface area (Å²) in [7, 11) is 4.91. The van der Waals surface area contributed by atoms with Crippen molar-refractivity contribution >= 4 is 12.6 Å². The quantitative estimate of drug-likeness (QED) is 0.821. The van der Waals surface area contributed by atoms with E-state index in [0.717, 1.165) is 22.8 Å². The van der Waals surface area contributed by atoms with Gasteiger partial charge in [-0.15, -0.1) is 0 Å². The zero-order chi connectivity index (χ0) is 13.1. The minimum Gasteiger partial charge on any atom is -0.496 e. The van der Waals surface area contributed by atoms with Crippen molar-refractivity contribution in [2.75, 3.05) is 27.1 Å². The topological polar surface area (TPSA) is 27.7 Å². The number of benzene rings is 1. The molecule has 0 amide bonds. The number of thiol groups is 1. The molecule has 0 bridgehead atoms. The molecule has 0 atom stereocenters. The van der Waals surface area contributed by atoms with Gasteiger partial charge in [0.05, 0.1) is 21.3 Å². The number of hydrogen-bond acceptors (Lipinski definition) is 4. The molecular weight excluding hydrogens is 236 g/mol. The Morgan fingerprint density at radius 3 is 1.76 bits per heavy atom. The summed E-state index contributed by atoms with van der Waals surface area (Å²) in [5, 5.41) is 0. The van der Waals surface area contributed by atoms with Crippen LogP contribution in [-0.4, -0.2) is 27.1 Å². The summed E-state index contributed by atoms with van der Waals surface area (Å²) >= 11 is 4.39. The van der Waals surface area contributed by atoms with Crippen LogP contribution in [-0.2, 0) is 5.41 Å². The van der Waals surface area contributed by atoms with Gasteiger partial charge in [0.1, 0.15) is 17.2 Å². The maximum Gasteiger partial charge on any atom is 0.130 e. The first kappa shape index (κ1) is 14.0. The minimum atomic E-state index is -0.133. The second kappa shape index (κ2) is 5.54. The molecule has 0 aliphatic heterocycles. The van der Waals surface area contributed by atoms with Crippen LogP contribution in [0.5, 0.6) is 17.2 Å². The van der Waals surface area contributed by atoms with Gasteiger partial charge < -0.3 is 14.2 Å². The lowest BCUT2D eigenvalue weighted by Gasteiger charge is -2.27. The summed E-state index contributed by atoms with van der Waals surface area (Å²) in [5.41, 5.74) is 0.879. The molecule has 0 N–H and O–H groups in total. The standard InChI is InChI=1S/C13H20O3S/c1-13(2,8-17)12-10(15-4)6-9(14-3)7-11(12)16-5/h6-7,17H,8H2,1-5H3. The third-order valence-corrected chi connectivity index (χ3v) is 3.58. The van der Waals surface area contributed by atoms with Crippen LogP contribution in [0.4, 0.5) is 0 Å². The van der Waals surface area contributed by atoms with E-state index in [-0.39, 0.29) is 5.41 Å². The van der Waals surface area contributed by atoms with Crippen LogP contribution in [0.15, 0.2) is 12.1 Å². The minimum absolute atomic E-state index is 0.133. The third-order valence-electron chi connectivity index (χ3n) is 2.79. The summed E-state index contributed by atoms with van der Waals surface area (Å²) in [5.74, 6) is 2.95. The molecule has 96 valence electrons. The SMILES string of the molecule is COc1cc(OC)c(C(C)(C)CS)c(OC)c1. The Hall–Kier alpha value is -1.03. The van der Waals surface area contributed by atoms with Crippen molar-refractivity contribution in [3.63, 3.8) is 0 Å². The van der Waals surface area contributed by atoms with Crippen molar-refractivity contribution < 1.29 is 14.2 Å². The van der Waals surface area contributed by atoms with Gasteiger partial charge in [-0.05, 0) is 5.75 Å². The van der Waals surface area contributed by atoms with Crippen LogP contribution in [0.25, 0.3) is 0 Å². The fourth-order valence-corrected chi connectivity index (χ4v) is 1.91. The Balaban J connectivity index is 3.45. The van der Waals surface area contributed by atoms with Crippen molar-refractivity contribution in [3.05, 3.63) is 17.7 Å². The van der Waals surface area contributed by atoms with Crippen molar-refractivity contribution in [3.8, 4) is 17.2 Å². The zero-order valence-electron chi connectivity index (χ0n) is 11.0. The molecular formula is C13H20O3S. The second-order valence-electron chi connectivity index (χ2n) is 4.45. The monoisotopic (exact) mass is 256 g/mol. The van der Waals surface area contributed by atoms with Gasteiger partial charge in [-0.1, -0.05) is 13.8 Å². The highest BCUT2D eigenvalue weighted by atomic mass is 32.1. The van der Waals surface area contributed by atoms with E-state index in [1.165, 1.54) is 0 Å². The van der Waals surface area contributed by atoms with E-state index in [0.29, 0.717) is 5.75 Å². The summed E-state index contributed by atoms with van der Waals surface area (Å²) in [4.78, 5) is 0. The Morgan fingerprint density at radius 2 is 1.47 bits per heavy atom. The molecule has 3 nitrogen and oxygen atoms in total. The molecule has 0 saturated carbocycles. The number of ether oxygens (including phenoxy) is 3. The largest absolute Gasteiger partial charge is 0.496 e. The van der Waals surface area contributed by atoms with Gasteiger partial charge in [-0.2, -0.15) is 12.6 Å². The second-order valence-corrected chi connectivity index (χ2v) is 4.77. The molecule has 0 radical (unpaired) electrons. The van der Waals surface area contributed by atoms with Crippen LogP contribution in [0.2, 0.25) is 0 Å². The lowest BCUT2D eigenvalue weighted by molar-refractivity contribution is 0.356. The van der Waals surface area contributed by atoms with Crippen LogP contribution in [0, 0.1) is 0 Å². The van der Waals surface area contributed by atoms with Crippen LogP contribution < -0.4 is 14.2 Å². The van der Waals surface area contributed by atoms with Gasteiger partial charge in [-0.3, -0.25) is 0 Å². The molecule has 17 heavy (non-hydrogen) atoms. The van der Waals surface area contributed by atoms with Crippen molar-refractivity contribution in [1.29, 1.82) is 0 Å². The molecule has 0 heterocycles. The van der Waals surface area contributed by atoms with E-state index in [4.69, 9.17) is 14.2 Å². The zero-order valence-corrected chi connectivity index (χ0v) is 11.9. The average molecular weight is 256 g/mol. The maximum atomic E-state index is 5.42. The fourth-order valence-electron chi connectivity index (χ4n) is 1.75. The molecule has 1 aromatic carbocycles. The molecule has 0 spiro atoms. The summed E-state index contributed by atoms with van der Waals surface area (Å²) in [6, 6.07) is 3.73. The molecule has 1 rings (SSSR count). The van der Waals surface area contributed by atoms with Crippen LogP contribution in [0.3, 0.4) is 0 Å². The third kappa shape index (κ3) is 2.80. The molecule has 0 aromatic heterocycles. The van der Waals surface area contributed by atoms with E-state index in [9.17, 15) is 0 Å². The van der Waals surface area contributed by atoms with E-state index in [2.05, 4.69) is 26.5 Å². The first-order chi connectivity index (χ1) is 8.00. The van der Waals surface area contributed by atoms with Crippen LogP contribution in [0.1, 0.15) is 19.4 Å². The van der Waals surface area contributed by atoms with Crippen molar-refractivity contribution in [2.45, 2.75) is 19.3 Å². The Bertz CT molecular complexity index is 363. The Morgan fingerprint density at radius 1 is 1.00 bits per heavy atom. The predicted molar refractivity (Wildman–Crippen MR) is 73.0 cm³/mol. The van der Waals surface area contributed by atoms with Crippen molar-refractivity contribution in [2.24, 2.45) is 0 Å². The van der Waals surface area contributed by atoms with E-state index in [1.54, 1.807) is 21.3 Å². The lowest BCUT2D eigenvalue weighted by Crippen LogP contribution is -2.21. The predicted octanol–water partition coefficient (Wildman–Crippen LogP) is 2.92. The van der Waals surface area contributed by atoms with E-state index in [1.807, 2.05) is 12.1 Å². The Kier molecular flexibility index (Phi) is 4.57. The first-order valence-corrected chi connectivity index (χ1v) is 6.04. The highest BCUT2D eigenvalue weighted by molar-refractivity contribution is 7.80. The average Bonchev–Trinajstić information content (AvgIpc) is 2.36. The summed E-state index contributed by atoms with van der Waals surface area (Å²) < 4.78 is 16.1. The lowest BCUT2D eigenvalue weighted by atomic mass is 9.85. The first-order valence-electron chi connectivity index (χ1n) is 5.41. The number of rotatable bonds is 5. The van der Waals surface area contributed by atoms with Gasteiger partial charge in [-0.25, -0.2) is 0 Å². The number of methoxy groups -OCH3 is 3. The van der Waals surface area contributed by atoms with Gasteiger partial charge in [0.2, 0.25) is 0 Å². The van der Waals surface area contributed by atoms with Gasteiger partial charge in [0.15, 0.2) is 0 Å². The van der Waals surface area contributed by atoms with Crippen LogP contribution >= 0.6 is 12.6 Å². The summed E-state index contributed by atoms with van der Waals surface area (Å²) in [6.07, 6.45) is 0. The molecule has 0 fully saturated rings. The maximum absolute atomic E-state index is 5.42.